The largest absolute Gasteiger partial charge is 0.494 e. The van der Waals surface area contributed by atoms with Crippen LogP contribution in [0.25, 0.3) is 0 Å². The van der Waals surface area contributed by atoms with Crippen LogP contribution in [-0.4, -0.2) is 78.6 Å². The van der Waals surface area contributed by atoms with Gasteiger partial charge in [0.1, 0.15) is 19.0 Å². The van der Waals surface area contributed by atoms with Gasteiger partial charge in [0, 0.05) is 17.3 Å². The molecule has 11 nitrogen and oxygen atoms in total. The van der Waals surface area contributed by atoms with Crippen LogP contribution in [0.2, 0.25) is 0 Å². The first-order valence-corrected chi connectivity index (χ1v) is 19.0. The lowest BCUT2D eigenvalue weighted by molar-refractivity contribution is -0.00841. The molecule has 1 aliphatic rings. The second kappa shape index (κ2) is 25.8. The van der Waals surface area contributed by atoms with Gasteiger partial charge in [0.05, 0.1) is 70.8 Å². The summed E-state index contributed by atoms with van der Waals surface area (Å²) in [6, 6.07) is 19.8. The third-order valence-corrected chi connectivity index (χ3v) is 8.30. The van der Waals surface area contributed by atoms with Gasteiger partial charge in [-0.15, -0.1) is 0 Å². The van der Waals surface area contributed by atoms with Gasteiger partial charge in [-0.3, -0.25) is 4.79 Å². The van der Waals surface area contributed by atoms with Crippen molar-refractivity contribution in [2.24, 2.45) is 10.2 Å². The SMILES string of the molecule is CCCCCCCCCCCCOc1ccc(N=Nc2ccc(C(=O)Nc3ccc4c(c3)OCCOCCOCCOCCOCCO4)cc2)cc1. The molecule has 284 valence electrons. The standard InChI is InChI=1S/C41H57N3O8/c1-2-3-4-5-6-7-8-9-10-11-22-50-38-19-16-36(17-20-38)44-43-35-14-12-34(13-15-35)41(45)42-37-18-21-39-40(33-37)52-32-30-49-28-26-47-24-23-46-25-27-48-29-31-51-39/h12-21,33H,2-11,22-32H2,1H3,(H,42,45). The van der Waals surface area contributed by atoms with E-state index in [1.54, 1.807) is 42.5 Å². The molecular weight excluding hydrogens is 662 g/mol. The normalized spacial score (nSPS) is 15.1. The number of ether oxygens (including phenoxy) is 7. The summed E-state index contributed by atoms with van der Waals surface area (Å²) in [5, 5.41) is 11.6. The van der Waals surface area contributed by atoms with E-state index < -0.39 is 0 Å². The number of anilines is 1. The van der Waals surface area contributed by atoms with E-state index in [4.69, 9.17) is 33.2 Å². The Labute approximate surface area is 309 Å². The van der Waals surface area contributed by atoms with Crippen LogP contribution in [0.3, 0.4) is 0 Å². The van der Waals surface area contributed by atoms with Gasteiger partial charge in [-0.25, -0.2) is 0 Å². The van der Waals surface area contributed by atoms with Crippen LogP contribution in [0.1, 0.15) is 81.5 Å². The van der Waals surface area contributed by atoms with E-state index >= 15 is 0 Å². The van der Waals surface area contributed by atoms with Crippen molar-refractivity contribution in [2.75, 3.05) is 78.0 Å². The molecule has 0 saturated heterocycles. The molecule has 52 heavy (non-hydrogen) atoms. The fourth-order valence-electron chi connectivity index (χ4n) is 5.39. The zero-order valence-electron chi connectivity index (χ0n) is 30.9. The van der Waals surface area contributed by atoms with Crippen molar-refractivity contribution in [1.82, 2.24) is 0 Å². The van der Waals surface area contributed by atoms with Crippen molar-refractivity contribution >= 4 is 23.0 Å². The van der Waals surface area contributed by atoms with E-state index in [0.29, 0.717) is 94.5 Å². The fraction of sp³-hybridized carbons (Fsp3) is 0.537. The topological polar surface area (TPSA) is 118 Å². The van der Waals surface area contributed by atoms with Gasteiger partial charge in [0.25, 0.3) is 5.91 Å². The van der Waals surface area contributed by atoms with E-state index in [9.17, 15) is 4.79 Å². The number of hydrogen-bond donors (Lipinski definition) is 1. The highest BCUT2D eigenvalue weighted by atomic mass is 16.6. The molecule has 0 unspecified atom stereocenters. The molecule has 0 bridgehead atoms. The van der Waals surface area contributed by atoms with Gasteiger partial charge in [-0.1, -0.05) is 64.7 Å². The second-order valence-corrected chi connectivity index (χ2v) is 12.5. The number of amides is 1. The minimum Gasteiger partial charge on any atom is -0.494 e. The van der Waals surface area contributed by atoms with Crippen molar-refractivity contribution in [1.29, 1.82) is 0 Å². The number of rotatable bonds is 16. The molecular formula is C41H57N3O8. The van der Waals surface area contributed by atoms with Crippen molar-refractivity contribution in [3.05, 3.63) is 72.3 Å². The molecule has 3 aromatic rings. The first-order valence-electron chi connectivity index (χ1n) is 19.0. The van der Waals surface area contributed by atoms with Crippen molar-refractivity contribution in [2.45, 2.75) is 71.1 Å². The van der Waals surface area contributed by atoms with Gasteiger partial charge in [-0.05, 0) is 67.1 Å². The highest BCUT2D eigenvalue weighted by Gasteiger charge is 2.12. The Morgan fingerprint density at radius 1 is 0.577 bits per heavy atom. The van der Waals surface area contributed by atoms with Crippen LogP contribution in [0, 0.1) is 0 Å². The first kappa shape index (κ1) is 40.7. The number of nitrogens with zero attached hydrogens (tertiary/aromatic N) is 2. The molecule has 1 N–H and O–H groups in total. The van der Waals surface area contributed by atoms with Gasteiger partial charge in [-0.2, -0.15) is 10.2 Å². The molecule has 4 rings (SSSR count). The second-order valence-electron chi connectivity index (χ2n) is 12.5. The average molecular weight is 720 g/mol. The van der Waals surface area contributed by atoms with Crippen molar-refractivity contribution in [3.8, 4) is 17.2 Å². The van der Waals surface area contributed by atoms with E-state index in [1.807, 2.05) is 24.3 Å². The number of benzene rings is 3. The van der Waals surface area contributed by atoms with Gasteiger partial charge in [0.15, 0.2) is 11.5 Å². The lowest BCUT2D eigenvalue weighted by Crippen LogP contribution is -2.16. The average Bonchev–Trinajstić information content (AvgIpc) is 3.17. The van der Waals surface area contributed by atoms with E-state index in [-0.39, 0.29) is 5.91 Å². The maximum absolute atomic E-state index is 13.1. The molecule has 0 atom stereocenters. The summed E-state index contributed by atoms with van der Waals surface area (Å²) in [4.78, 5) is 13.1. The van der Waals surface area contributed by atoms with Crippen molar-refractivity contribution in [3.63, 3.8) is 0 Å². The van der Waals surface area contributed by atoms with Crippen LogP contribution in [0.5, 0.6) is 17.2 Å². The third kappa shape index (κ3) is 17.0. The predicted molar refractivity (Wildman–Crippen MR) is 203 cm³/mol. The number of carbonyl (C=O) groups excluding carboxylic acids is 1. The Morgan fingerprint density at radius 3 is 1.62 bits per heavy atom. The smallest absolute Gasteiger partial charge is 0.255 e. The van der Waals surface area contributed by atoms with Gasteiger partial charge >= 0.3 is 0 Å². The lowest BCUT2D eigenvalue weighted by atomic mass is 10.1. The summed E-state index contributed by atoms with van der Waals surface area (Å²) in [6.45, 7) is 7.31. The number of carbonyl (C=O) groups is 1. The van der Waals surface area contributed by atoms with Gasteiger partial charge in [0.2, 0.25) is 0 Å². The molecule has 0 saturated carbocycles. The molecule has 1 heterocycles. The number of azo groups is 1. The Kier molecular flexibility index (Phi) is 20.2. The zero-order valence-corrected chi connectivity index (χ0v) is 30.9. The molecule has 0 aromatic heterocycles. The van der Waals surface area contributed by atoms with Crippen LogP contribution in [0.4, 0.5) is 17.1 Å². The van der Waals surface area contributed by atoms with E-state index in [1.165, 1.54) is 57.8 Å². The number of fused-ring (bicyclic) bond motifs is 1. The highest BCUT2D eigenvalue weighted by molar-refractivity contribution is 6.04. The summed E-state index contributed by atoms with van der Waals surface area (Å²) in [5.74, 6) is 1.61. The molecule has 1 aliphatic heterocycles. The lowest BCUT2D eigenvalue weighted by Gasteiger charge is -2.15. The molecule has 0 radical (unpaired) electrons. The molecule has 0 spiro atoms. The van der Waals surface area contributed by atoms with Crippen molar-refractivity contribution < 1.29 is 38.0 Å². The van der Waals surface area contributed by atoms with Crippen LogP contribution >= 0.6 is 0 Å². The Morgan fingerprint density at radius 2 is 1.06 bits per heavy atom. The zero-order chi connectivity index (χ0) is 36.3. The highest BCUT2D eigenvalue weighted by Crippen LogP contribution is 2.31. The maximum Gasteiger partial charge on any atom is 0.255 e. The molecule has 0 aliphatic carbocycles. The first-order chi connectivity index (χ1) is 25.7. The summed E-state index contributed by atoms with van der Waals surface area (Å²) in [5.41, 5.74) is 2.41. The number of unbranched alkanes of at least 4 members (excludes halogenated alkanes) is 9. The summed E-state index contributed by atoms with van der Waals surface area (Å²) in [6.07, 6.45) is 13.1. The molecule has 3 aromatic carbocycles. The van der Waals surface area contributed by atoms with E-state index in [2.05, 4.69) is 22.5 Å². The minimum absolute atomic E-state index is 0.267. The molecule has 11 heteroatoms. The van der Waals surface area contributed by atoms with Crippen LogP contribution < -0.4 is 19.5 Å². The van der Waals surface area contributed by atoms with Gasteiger partial charge < -0.3 is 38.5 Å². The third-order valence-electron chi connectivity index (χ3n) is 8.30. The Bertz CT molecular complexity index is 1420. The fourth-order valence-corrected chi connectivity index (χ4v) is 5.39. The van der Waals surface area contributed by atoms with Crippen LogP contribution in [-0.2, 0) is 18.9 Å². The number of nitrogens with one attached hydrogen (secondary N) is 1. The monoisotopic (exact) mass is 719 g/mol. The Hall–Kier alpha value is -4.03. The summed E-state index contributed by atoms with van der Waals surface area (Å²) < 4.78 is 39.9. The molecule has 0 fully saturated rings. The summed E-state index contributed by atoms with van der Waals surface area (Å²) >= 11 is 0. The van der Waals surface area contributed by atoms with E-state index in [0.717, 1.165) is 24.5 Å². The maximum atomic E-state index is 13.1. The minimum atomic E-state index is -0.267. The predicted octanol–water partition coefficient (Wildman–Crippen LogP) is 9.49. The Balaban J connectivity index is 1.19. The molecule has 1 amide bonds. The van der Waals surface area contributed by atoms with Crippen LogP contribution in [0.15, 0.2) is 77.0 Å². The number of hydrogen-bond acceptors (Lipinski definition) is 10. The quantitative estimate of drug-likeness (QED) is 0.115. The summed E-state index contributed by atoms with van der Waals surface area (Å²) in [7, 11) is 0.